The van der Waals surface area contributed by atoms with Gasteiger partial charge in [-0.2, -0.15) is 0 Å². The lowest BCUT2D eigenvalue weighted by atomic mass is 10.2. The fraction of sp³-hybridized carbons (Fsp3) is 0.176. The lowest BCUT2D eigenvalue weighted by molar-refractivity contribution is -0.385. The van der Waals surface area contributed by atoms with Crippen molar-refractivity contribution in [2.45, 2.75) is 20.0 Å². The van der Waals surface area contributed by atoms with Gasteiger partial charge in [-0.05, 0) is 37.6 Å². The van der Waals surface area contributed by atoms with Gasteiger partial charge in [0, 0.05) is 16.8 Å². The van der Waals surface area contributed by atoms with Gasteiger partial charge in [0.25, 0.3) is 11.6 Å². The summed E-state index contributed by atoms with van der Waals surface area (Å²) in [6.45, 7) is 3.20. The lowest BCUT2D eigenvalue weighted by Gasteiger charge is -2.14. The van der Waals surface area contributed by atoms with Crippen LogP contribution in [-0.2, 0) is 9.53 Å². The molecule has 0 aromatic heterocycles. The van der Waals surface area contributed by atoms with E-state index in [9.17, 15) is 19.7 Å². The highest BCUT2D eigenvalue weighted by Crippen LogP contribution is 2.21. The zero-order valence-corrected chi connectivity index (χ0v) is 14.2. The first-order chi connectivity index (χ1) is 11.8. The maximum Gasteiger partial charge on any atom is 0.345 e. The average molecular weight is 363 g/mol. The van der Waals surface area contributed by atoms with Gasteiger partial charge in [0.15, 0.2) is 6.10 Å². The van der Waals surface area contributed by atoms with Crippen LogP contribution in [0.3, 0.4) is 0 Å². The Morgan fingerprint density at radius 1 is 1.24 bits per heavy atom. The Kier molecular flexibility index (Phi) is 5.71. The molecule has 0 heterocycles. The zero-order chi connectivity index (χ0) is 18.6. The van der Waals surface area contributed by atoms with E-state index in [2.05, 4.69) is 5.32 Å². The van der Waals surface area contributed by atoms with E-state index in [1.165, 1.54) is 31.2 Å². The minimum Gasteiger partial charge on any atom is -0.449 e. The van der Waals surface area contributed by atoms with Crippen molar-refractivity contribution in [2.24, 2.45) is 0 Å². The van der Waals surface area contributed by atoms with Gasteiger partial charge >= 0.3 is 5.97 Å². The van der Waals surface area contributed by atoms with Crippen LogP contribution in [0.2, 0.25) is 5.02 Å². The van der Waals surface area contributed by atoms with Crippen LogP contribution in [0.25, 0.3) is 0 Å². The van der Waals surface area contributed by atoms with Gasteiger partial charge < -0.3 is 10.1 Å². The molecule has 0 saturated heterocycles. The number of esters is 1. The summed E-state index contributed by atoms with van der Waals surface area (Å²) in [5, 5.41) is 14.0. The van der Waals surface area contributed by atoms with Crippen LogP contribution in [0.4, 0.5) is 11.4 Å². The molecule has 2 rings (SSSR count). The number of aryl methyl sites for hydroxylation is 1. The Hall–Kier alpha value is -2.93. The van der Waals surface area contributed by atoms with E-state index in [-0.39, 0.29) is 11.3 Å². The molecule has 0 bridgehead atoms. The molecule has 0 unspecified atom stereocenters. The maximum absolute atomic E-state index is 12.1. The van der Waals surface area contributed by atoms with Crippen molar-refractivity contribution >= 4 is 34.9 Å². The molecule has 7 nitrogen and oxygen atoms in total. The Balaban J connectivity index is 2.07. The minimum atomic E-state index is -1.15. The van der Waals surface area contributed by atoms with E-state index in [0.29, 0.717) is 10.7 Å². The molecule has 1 atom stereocenters. The van der Waals surface area contributed by atoms with Gasteiger partial charge in [-0.1, -0.05) is 29.8 Å². The molecule has 0 fully saturated rings. The molecule has 8 heteroatoms. The first-order valence-corrected chi connectivity index (χ1v) is 7.69. The van der Waals surface area contributed by atoms with E-state index in [1.54, 1.807) is 18.2 Å². The standard InChI is InChI=1S/C17H15ClN2O5/c1-10-7-8-12(9-14(10)18)19-16(21)11(2)25-17(22)13-5-3-4-6-15(13)20(23)24/h3-9,11H,1-2H3,(H,19,21)/t11-/m1/s1. The number of carbonyl (C=O) groups is 2. The van der Waals surface area contributed by atoms with Crippen molar-refractivity contribution in [1.29, 1.82) is 0 Å². The van der Waals surface area contributed by atoms with Gasteiger partial charge in [0.2, 0.25) is 0 Å². The van der Waals surface area contributed by atoms with Crippen LogP contribution >= 0.6 is 11.6 Å². The van der Waals surface area contributed by atoms with E-state index >= 15 is 0 Å². The second kappa shape index (κ2) is 7.76. The van der Waals surface area contributed by atoms with Crippen molar-refractivity contribution in [1.82, 2.24) is 0 Å². The number of nitro groups is 1. The van der Waals surface area contributed by atoms with Crippen molar-refractivity contribution in [3.05, 3.63) is 68.7 Å². The van der Waals surface area contributed by atoms with Crippen LogP contribution < -0.4 is 5.32 Å². The number of para-hydroxylation sites is 1. The number of hydrogen-bond acceptors (Lipinski definition) is 5. The number of benzene rings is 2. The molecular formula is C17H15ClN2O5. The Labute approximate surface area is 148 Å². The van der Waals surface area contributed by atoms with E-state index < -0.39 is 22.9 Å². The molecular weight excluding hydrogens is 348 g/mol. The third-order valence-electron chi connectivity index (χ3n) is 3.41. The molecule has 2 aromatic rings. The zero-order valence-electron chi connectivity index (χ0n) is 13.5. The summed E-state index contributed by atoms with van der Waals surface area (Å²) in [7, 11) is 0. The predicted octanol–water partition coefficient (Wildman–Crippen LogP) is 3.74. The van der Waals surface area contributed by atoms with Crippen molar-refractivity contribution < 1.29 is 19.2 Å². The number of nitro benzene ring substituents is 1. The first kappa shape index (κ1) is 18.4. The minimum absolute atomic E-state index is 0.217. The summed E-state index contributed by atoms with van der Waals surface area (Å²) in [6.07, 6.45) is -1.15. The largest absolute Gasteiger partial charge is 0.449 e. The van der Waals surface area contributed by atoms with Gasteiger partial charge in [0.1, 0.15) is 5.56 Å². The highest BCUT2D eigenvalue weighted by Gasteiger charge is 2.25. The number of nitrogens with one attached hydrogen (secondary N) is 1. The number of amides is 1. The molecule has 0 saturated carbocycles. The summed E-state index contributed by atoms with van der Waals surface area (Å²) < 4.78 is 5.03. The smallest absolute Gasteiger partial charge is 0.345 e. The summed E-state index contributed by atoms with van der Waals surface area (Å²) >= 11 is 5.99. The number of carbonyl (C=O) groups excluding carboxylic acids is 2. The third kappa shape index (κ3) is 4.54. The fourth-order valence-corrected chi connectivity index (χ4v) is 2.18. The van der Waals surface area contributed by atoms with Gasteiger partial charge in [-0.15, -0.1) is 0 Å². The topological polar surface area (TPSA) is 98.5 Å². The van der Waals surface area contributed by atoms with Gasteiger partial charge in [-0.25, -0.2) is 4.79 Å². The molecule has 25 heavy (non-hydrogen) atoms. The van der Waals surface area contributed by atoms with Crippen LogP contribution in [0.1, 0.15) is 22.8 Å². The van der Waals surface area contributed by atoms with Crippen LogP contribution in [0, 0.1) is 17.0 Å². The monoisotopic (exact) mass is 362 g/mol. The van der Waals surface area contributed by atoms with E-state index in [4.69, 9.17) is 16.3 Å². The van der Waals surface area contributed by atoms with Crippen molar-refractivity contribution in [3.8, 4) is 0 Å². The predicted molar refractivity (Wildman–Crippen MR) is 92.8 cm³/mol. The number of nitrogens with zero attached hydrogens (tertiary/aromatic N) is 1. The normalized spacial score (nSPS) is 11.5. The van der Waals surface area contributed by atoms with Crippen LogP contribution in [-0.4, -0.2) is 22.9 Å². The molecule has 2 aromatic carbocycles. The quantitative estimate of drug-likeness (QED) is 0.496. The number of ether oxygens (including phenoxy) is 1. The number of rotatable bonds is 5. The maximum atomic E-state index is 12.1. The summed E-state index contributed by atoms with van der Waals surface area (Å²) in [5.74, 6) is -1.52. The molecule has 0 spiro atoms. The second-order valence-corrected chi connectivity index (χ2v) is 5.68. The molecule has 130 valence electrons. The Morgan fingerprint density at radius 2 is 1.92 bits per heavy atom. The van der Waals surface area contributed by atoms with E-state index in [0.717, 1.165) is 5.56 Å². The molecule has 0 aliphatic rings. The Morgan fingerprint density at radius 3 is 2.56 bits per heavy atom. The van der Waals surface area contributed by atoms with Gasteiger partial charge in [-0.3, -0.25) is 14.9 Å². The fourth-order valence-electron chi connectivity index (χ4n) is 2.00. The lowest BCUT2D eigenvalue weighted by Crippen LogP contribution is -2.30. The summed E-state index contributed by atoms with van der Waals surface area (Å²) in [4.78, 5) is 34.5. The first-order valence-electron chi connectivity index (χ1n) is 7.31. The Bertz CT molecular complexity index is 838. The summed E-state index contributed by atoms with van der Waals surface area (Å²) in [5.41, 5.74) is 0.709. The van der Waals surface area contributed by atoms with E-state index in [1.807, 2.05) is 6.92 Å². The van der Waals surface area contributed by atoms with Crippen molar-refractivity contribution in [3.63, 3.8) is 0 Å². The number of anilines is 1. The highest BCUT2D eigenvalue weighted by molar-refractivity contribution is 6.31. The molecule has 0 radical (unpaired) electrons. The SMILES string of the molecule is Cc1ccc(NC(=O)[C@@H](C)OC(=O)c2ccccc2[N+](=O)[O-])cc1Cl. The highest BCUT2D eigenvalue weighted by atomic mass is 35.5. The summed E-state index contributed by atoms with van der Waals surface area (Å²) in [6, 6.07) is 10.3. The molecule has 0 aliphatic carbocycles. The molecule has 1 amide bonds. The number of halogens is 1. The average Bonchev–Trinajstić information content (AvgIpc) is 2.58. The molecule has 1 N–H and O–H groups in total. The van der Waals surface area contributed by atoms with Crippen LogP contribution in [0.5, 0.6) is 0 Å². The third-order valence-corrected chi connectivity index (χ3v) is 3.82. The molecule has 0 aliphatic heterocycles. The second-order valence-electron chi connectivity index (χ2n) is 5.28. The number of hydrogen-bond donors (Lipinski definition) is 1. The van der Waals surface area contributed by atoms with Gasteiger partial charge in [0.05, 0.1) is 4.92 Å². The van der Waals surface area contributed by atoms with Crippen LogP contribution in [0.15, 0.2) is 42.5 Å². The van der Waals surface area contributed by atoms with Crippen molar-refractivity contribution in [2.75, 3.05) is 5.32 Å².